The average molecular weight is 435 g/mol. The quantitative estimate of drug-likeness (QED) is 0.737. The Bertz CT molecular complexity index is 1060. The van der Waals surface area contributed by atoms with Gasteiger partial charge in [-0.2, -0.15) is 4.99 Å². The molecule has 2 fully saturated rings. The zero-order valence-corrected chi connectivity index (χ0v) is 17.2. The third kappa shape index (κ3) is 4.16. The zero-order valence-electron chi connectivity index (χ0n) is 15.6. The molecule has 2 aliphatic rings. The van der Waals surface area contributed by atoms with Gasteiger partial charge in [0.1, 0.15) is 11.6 Å². The van der Waals surface area contributed by atoms with Crippen molar-refractivity contribution < 1.29 is 22.3 Å². The molecule has 6 nitrogen and oxygen atoms in total. The van der Waals surface area contributed by atoms with Crippen LogP contribution in [0.2, 0.25) is 0 Å². The van der Waals surface area contributed by atoms with Gasteiger partial charge in [-0.05, 0) is 31.2 Å². The number of carbonyl (C=O) groups is 1. The molecule has 29 heavy (non-hydrogen) atoms. The molecule has 0 spiro atoms. The second kappa shape index (κ2) is 7.79. The summed E-state index contributed by atoms with van der Waals surface area (Å²) in [5.74, 6) is -0.576. The first-order chi connectivity index (χ1) is 13.8. The summed E-state index contributed by atoms with van der Waals surface area (Å²) in [6, 6.07) is 14.5. The van der Waals surface area contributed by atoms with Gasteiger partial charge < -0.3 is 9.64 Å². The van der Waals surface area contributed by atoms with E-state index in [9.17, 15) is 17.6 Å². The van der Waals surface area contributed by atoms with Crippen molar-refractivity contribution in [3.05, 3.63) is 60.4 Å². The second-order valence-corrected chi connectivity index (χ2v) is 10.3. The molecular weight excluding hydrogens is 415 g/mol. The third-order valence-corrected chi connectivity index (χ3v) is 8.00. The molecule has 2 aromatic rings. The minimum Gasteiger partial charge on any atom is -0.481 e. The fraction of sp³-hybridized carbons (Fsp3) is 0.300. The smallest absolute Gasteiger partial charge is 0.288 e. The number of sulfone groups is 1. The van der Waals surface area contributed by atoms with Gasteiger partial charge in [0.05, 0.1) is 23.2 Å². The molecular formula is C20H19FN2O4S2. The van der Waals surface area contributed by atoms with E-state index >= 15 is 0 Å². The number of thioether (sulfide) groups is 1. The van der Waals surface area contributed by atoms with Crippen molar-refractivity contribution in [3.8, 4) is 5.75 Å². The summed E-state index contributed by atoms with van der Waals surface area (Å²) in [7, 11) is -3.22. The normalized spacial score (nSPS) is 25.0. The van der Waals surface area contributed by atoms with Gasteiger partial charge in [0.15, 0.2) is 21.1 Å². The molecule has 1 amide bonds. The maximum absolute atomic E-state index is 14.5. The van der Waals surface area contributed by atoms with Gasteiger partial charge in [-0.1, -0.05) is 42.1 Å². The van der Waals surface area contributed by atoms with E-state index in [2.05, 4.69) is 4.99 Å². The molecule has 0 N–H and O–H groups in total. The molecule has 2 heterocycles. The molecule has 9 heteroatoms. The van der Waals surface area contributed by atoms with E-state index in [0.717, 1.165) is 0 Å². The molecule has 2 aromatic carbocycles. The number of para-hydroxylation sites is 2. The predicted octanol–water partition coefficient (Wildman–Crippen LogP) is 2.89. The minimum atomic E-state index is -3.22. The number of rotatable bonds is 4. The number of amides is 1. The van der Waals surface area contributed by atoms with Gasteiger partial charge in [0, 0.05) is 5.25 Å². The molecule has 0 saturated carbocycles. The summed E-state index contributed by atoms with van der Waals surface area (Å²) in [6.45, 7) is 1.59. The highest BCUT2D eigenvalue weighted by Gasteiger charge is 2.50. The Hall–Kier alpha value is -2.39. The molecule has 2 aliphatic heterocycles. The summed E-state index contributed by atoms with van der Waals surface area (Å²) in [6.07, 6.45) is -0.836. The maximum Gasteiger partial charge on any atom is 0.288 e. The summed E-state index contributed by atoms with van der Waals surface area (Å²) in [5.41, 5.74) is 0.216. The lowest BCUT2D eigenvalue weighted by molar-refractivity contribution is -0.123. The number of amidine groups is 1. The van der Waals surface area contributed by atoms with Crippen LogP contribution in [0.15, 0.2) is 59.6 Å². The van der Waals surface area contributed by atoms with Crippen LogP contribution in [0, 0.1) is 5.82 Å². The summed E-state index contributed by atoms with van der Waals surface area (Å²) < 4.78 is 44.3. The number of aliphatic imine (C=N–C) groups is 1. The molecule has 0 aromatic heterocycles. The van der Waals surface area contributed by atoms with Crippen LogP contribution in [0.25, 0.3) is 0 Å². The van der Waals surface area contributed by atoms with Crippen LogP contribution in [0.3, 0.4) is 0 Å². The number of hydrogen-bond donors (Lipinski definition) is 0. The monoisotopic (exact) mass is 434 g/mol. The standard InChI is InChI=1S/C20H19FN2O4S2/c1-13(27-14-7-3-2-4-8-14)19(24)22-20-23(16-10-6-5-9-15(16)21)17-11-29(25,26)12-18(17)28-20/h2-10,13,17-18H,11-12H2,1H3/t13-,17+,18+/m0/s1. The Morgan fingerprint density at radius 3 is 2.59 bits per heavy atom. The van der Waals surface area contributed by atoms with Gasteiger partial charge in [-0.15, -0.1) is 0 Å². The lowest BCUT2D eigenvalue weighted by Crippen LogP contribution is -2.38. The highest BCUT2D eigenvalue weighted by atomic mass is 32.2. The first kappa shape index (κ1) is 19.9. The van der Waals surface area contributed by atoms with Crippen molar-refractivity contribution in [3.63, 3.8) is 0 Å². The summed E-state index contributed by atoms with van der Waals surface area (Å²) in [4.78, 5) is 18.4. The lowest BCUT2D eigenvalue weighted by atomic mass is 10.2. The van der Waals surface area contributed by atoms with Crippen molar-refractivity contribution in [1.82, 2.24) is 0 Å². The van der Waals surface area contributed by atoms with Gasteiger partial charge in [-0.3, -0.25) is 4.79 Å². The summed E-state index contributed by atoms with van der Waals surface area (Å²) in [5, 5.41) is 0.00464. The zero-order chi connectivity index (χ0) is 20.6. The van der Waals surface area contributed by atoms with Gasteiger partial charge >= 0.3 is 0 Å². The Balaban J connectivity index is 1.63. The number of nitrogens with zero attached hydrogens (tertiary/aromatic N) is 2. The van der Waals surface area contributed by atoms with E-state index in [-0.39, 0.29) is 22.4 Å². The van der Waals surface area contributed by atoms with Crippen LogP contribution in [-0.4, -0.2) is 48.4 Å². The van der Waals surface area contributed by atoms with Crippen molar-refractivity contribution in [2.24, 2.45) is 4.99 Å². The number of anilines is 1. The van der Waals surface area contributed by atoms with Crippen LogP contribution in [0.5, 0.6) is 5.75 Å². The number of hydrogen-bond acceptors (Lipinski definition) is 5. The minimum absolute atomic E-state index is 0.0173. The Morgan fingerprint density at radius 2 is 1.86 bits per heavy atom. The van der Waals surface area contributed by atoms with Crippen LogP contribution < -0.4 is 9.64 Å². The Kier molecular flexibility index (Phi) is 5.35. The van der Waals surface area contributed by atoms with E-state index < -0.39 is 33.7 Å². The first-order valence-electron chi connectivity index (χ1n) is 9.09. The van der Waals surface area contributed by atoms with E-state index in [1.54, 1.807) is 54.3 Å². The average Bonchev–Trinajstić information content (AvgIpc) is 3.14. The van der Waals surface area contributed by atoms with Crippen LogP contribution in [-0.2, 0) is 14.6 Å². The van der Waals surface area contributed by atoms with Crippen molar-refractivity contribution in [2.45, 2.75) is 24.3 Å². The van der Waals surface area contributed by atoms with Crippen molar-refractivity contribution >= 4 is 38.4 Å². The molecule has 3 atom stereocenters. The largest absolute Gasteiger partial charge is 0.481 e. The fourth-order valence-corrected chi connectivity index (χ4v) is 7.34. The van der Waals surface area contributed by atoms with Gasteiger partial charge in [0.2, 0.25) is 0 Å². The van der Waals surface area contributed by atoms with Crippen molar-refractivity contribution in [1.29, 1.82) is 0 Å². The number of carbonyl (C=O) groups excluding carboxylic acids is 1. The van der Waals surface area contributed by atoms with E-state index in [4.69, 9.17) is 4.74 Å². The first-order valence-corrected chi connectivity index (χ1v) is 11.8. The number of benzene rings is 2. The van der Waals surface area contributed by atoms with Crippen LogP contribution in [0.4, 0.5) is 10.1 Å². The van der Waals surface area contributed by atoms with E-state index in [1.165, 1.54) is 17.8 Å². The highest BCUT2D eigenvalue weighted by Crippen LogP contribution is 2.41. The predicted molar refractivity (Wildman–Crippen MR) is 112 cm³/mol. The van der Waals surface area contributed by atoms with Gasteiger partial charge in [-0.25, -0.2) is 12.8 Å². The SMILES string of the molecule is C[C@H](Oc1ccccc1)C(=O)N=C1S[C@@H]2CS(=O)(=O)C[C@H]2N1c1ccccc1F. The molecule has 2 saturated heterocycles. The molecule has 4 rings (SSSR count). The van der Waals surface area contributed by atoms with Crippen LogP contribution >= 0.6 is 11.8 Å². The summed E-state index contributed by atoms with van der Waals surface area (Å²) >= 11 is 1.20. The molecule has 0 aliphatic carbocycles. The van der Waals surface area contributed by atoms with E-state index in [1.807, 2.05) is 6.07 Å². The van der Waals surface area contributed by atoms with Crippen molar-refractivity contribution in [2.75, 3.05) is 16.4 Å². The number of ether oxygens (including phenoxy) is 1. The maximum atomic E-state index is 14.5. The fourth-order valence-electron chi connectivity index (χ4n) is 3.43. The topological polar surface area (TPSA) is 76.0 Å². The molecule has 0 unspecified atom stereocenters. The second-order valence-electron chi connectivity index (χ2n) is 6.93. The van der Waals surface area contributed by atoms with Crippen LogP contribution in [0.1, 0.15) is 6.92 Å². The highest BCUT2D eigenvalue weighted by molar-refractivity contribution is 8.16. The molecule has 0 bridgehead atoms. The lowest BCUT2D eigenvalue weighted by Gasteiger charge is -2.25. The van der Waals surface area contributed by atoms with Gasteiger partial charge in [0.25, 0.3) is 5.91 Å². The molecule has 152 valence electrons. The number of fused-ring (bicyclic) bond motifs is 1. The number of halogens is 1. The Labute approximate surface area is 172 Å². The third-order valence-electron chi connectivity index (χ3n) is 4.79. The van der Waals surface area contributed by atoms with E-state index in [0.29, 0.717) is 10.9 Å². The Morgan fingerprint density at radius 1 is 1.17 bits per heavy atom. The molecule has 0 radical (unpaired) electrons.